The van der Waals surface area contributed by atoms with E-state index < -0.39 is 11.6 Å². The van der Waals surface area contributed by atoms with Gasteiger partial charge in [0, 0.05) is 35.2 Å². The Labute approximate surface area is 127 Å². The number of anilines is 1. The van der Waals surface area contributed by atoms with E-state index in [1.165, 1.54) is 6.07 Å². The summed E-state index contributed by atoms with van der Waals surface area (Å²) >= 11 is 3.31. The molecule has 0 bridgehead atoms. The fourth-order valence-electron chi connectivity index (χ4n) is 2.71. The Morgan fingerprint density at radius 2 is 2.10 bits per heavy atom. The first-order valence-corrected chi connectivity index (χ1v) is 7.85. The fourth-order valence-corrected chi connectivity index (χ4v) is 3.34. The minimum absolute atomic E-state index is 0.0497. The standard InChI is InChI=1S/C15H21BrF2N2/c1-4-11-8-19-15(3,5-2)9-20(11)14-12(16)6-10(17)7-13(14)18/h6-7,11,19H,4-5,8-9H2,1-3H3. The molecule has 1 N–H and O–H groups in total. The van der Waals surface area contributed by atoms with E-state index in [1.54, 1.807) is 0 Å². The molecule has 2 nitrogen and oxygen atoms in total. The molecule has 112 valence electrons. The Hall–Kier alpha value is -0.680. The number of hydrogen-bond acceptors (Lipinski definition) is 2. The van der Waals surface area contributed by atoms with Crippen LogP contribution >= 0.6 is 15.9 Å². The summed E-state index contributed by atoms with van der Waals surface area (Å²) in [5.74, 6) is -1.06. The topological polar surface area (TPSA) is 15.3 Å². The van der Waals surface area contributed by atoms with Gasteiger partial charge >= 0.3 is 0 Å². The van der Waals surface area contributed by atoms with Crippen LogP contribution in [0.2, 0.25) is 0 Å². The third-order valence-electron chi connectivity index (χ3n) is 4.25. The highest BCUT2D eigenvalue weighted by Crippen LogP contribution is 2.35. The second kappa shape index (κ2) is 5.98. The van der Waals surface area contributed by atoms with Gasteiger partial charge in [0.15, 0.2) is 5.82 Å². The van der Waals surface area contributed by atoms with Crippen molar-refractivity contribution in [2.75, 3.05) is 18.0 Å². The molecule has 0 radical (unpaired) electrons. The van der Waals surface area contributed by atoms with Gasteiger partial charge in [-0.3, -0.25) is 0 Å². The van der Waals surface area contributed by atoms with Crippen molar-refractivity contribution in [1.29, 1.82) is 0 Å². The van der Waals surface area contributed by atoms with Crippen molar-refractivity contribution in [2.45, 2.75) is 45.2 Å². The molecule has 1 heterocycles. The molecule has 1 aromatic rings. The Kier molecular flexibility index (Phi) is 4.69. The molecular weight excluding hydrogens is 326 g/mol. The molecule has 2 atom stereocenters. The number of nitrogens with zero attached hydrogens (tertiary/aromatic N) is 1. The van der Waals surface area contributed by atoms with E-state index in [1.807, 2.05) is 0 Å². The van der Waals surface area contributed by atoms with E-state index >= 15 is 0 Å². The predicted molar refractivity (Wildman–Crippen MR) is 82.2 cm³/mol. The Morgan fingerprint density at radius 3 is 2.65 bits per heavy atom. The van der Waals surface area contributed by atoms with Crippen molar-refractivity contribution in [2.24, 2.45) is 0 Å². The summed E-state index contributed by atoms with van der Waals surface area (Å²) in [5.41, 5.74) is 0.422. The lowest BCUT2D eigenvalue weighted by Crippen LogP contribution is -2.63. The van der Waals surface area contributed by atoms with Crippen LogP contribution in [0, 0.1) is 11.6 Å². The fraction of sp³-hybridized carbons (Fsp3) is 0.600. The van der Waals surface area contributed by atoms with Crippen molar-refractivity contribution >= 4 is 21.6 Å². The number of halogens is 3. The third kappa shape index (κ3) is 2.98. The molecular formula is C15H21BrF2N2. The molecule has 20 heavy (non-hydrogen) atoms. The lowest BCUT2D eigenvalue weighted by molar-refractivity contribution is 0.274. The quantitative estimate of drug-likeness (QED) is 0.886. The minimum atomic E-state index is -0.556. The number of rotatable bonds is 3. The molecule has 0 amide bonds. The van der Waals surface area contributed by atoms with E-state index in [9.17, 15) is 8.78 Å². The molecule has 0 aromatic heterocycles. The summed E-state index contributed by atoms with van der Waals surface area (Å²) in [5, 5.41) is 3.54. The van der Waals surface area contributed by atoms with Gasteiger partial charge in [-0.25, -0.2) is 8.78 Å². The lowest BCUT2D eigenvalue weighted by atomic mass is 9.92. The predicted octanol–water partition coefficient (Wildman–Crippen LogP) is 4.08. The average Bonchev–Trinajstić information content (AvgIpc) is 2.38. The highest BCUT2D eigenvalue weighted by Gasteiger charge is 2.35. The molecule has 0 saturated carbocycles. The Morgan fingerprint density at radius 1 is 1.40 bits per heavy atom. The molecule has 1 aliphatic heterocycles. The number of piperazine rings is 1. The molecule has 5 heteroatoms. The van der Waals surface area contributed by atoms with Gasteiger partial charge in [-0.15, -0.1) is 0 Å². The number of nitrogens with one attached hydrogen (secondary N) is 1. The van der Waals surface area contributed by atoms with Crippen molar-refractivity contribution < 1.29 is 8.78 Å². The molecule has 1 aromatic carbocycles. The van der Waals surface area contributed by atoms with E-state index in [2.05, 4.69) is 46.9 Å². The van der Waals surface area contributed by atoms with Gasteiger partial charge in [0.1, 0.15) is 5.82 Å². The van der Waals surface area contributed by atoms with Crippen LogP contribution in [0.3, 0.4) is 0 Å². The van der Waals surface area contributed by atoms with Gasteiger partial charge in [0.25, 0.3) is 0 Å². The third-order valence-corrected chi connectivity index (χ3v) is 4.85. The first-order valence-electron chi connectivity index (χ1n) is 7.06. The van der Waals surface area contributed by atoms with Crippen molar-refractivity contribution in [3.63, 3.8) is 0 Å². The van der Waals surface area contributed by atoms with Gasteiger partial charge in [0.2, 0.25) is 0 Å². The molecule has 0 aliphatic carbocycles. The van der Waals surface area contributed by atoms with E-state index in [-0.39, 0.29) is 11.6 Å². The highest BCUT2D eigenvalue weighted by atomic mass is 79.9. The molecule has 1 saturated heterocycles. The maximum absolute atomic E-state index is 14.2. The van der Waals surface area contributed by atoms with Crippen LogP contribution in [0.25, 0.3) is 0 Å². The Balaban J connectivity index is 2.42. The van der Waals surface area contributed by atoms with E-state index in [0.29, 0.717) is 16.7 Å². The van der Waals surface area contributed by atoms with Gasteiger partial charge in [-0.05, 0) is 41.8 Å². The monoisotopic (exact) mass is 346 g/mol. The smallest absolute Gasteiger partial charge is 0.150 e. The normalized spacial score (nSPS) is 26.9. The lowest BCUT2D eigenvalue weighted by Gasteiger charge is -2.47. The summed E-state index contributed by atoms with van der Waals surface area (Å²) in [7, 11) is 0. The Bertz CT molecular complexity index is 472. The van der Waals surface area contributed by atoms with Crippen LogP contribution in [0.1, 0.15) is 33.6 Å². The first-order chi connectivity index (χ1) is 9.40. The zero-order valence-electron chi connectivity index (χ0n) is 12.1. The van der Waals surface area contributed by atoms with Gasteiger partial charge in [-0.1, -0.05) is 13.8 Å². The van der Waals surface area contributed by atoms with Crippen LogP contribution < -0.4 is 10.2 Å². The van der Waals surface area contributed by atoms with E-state index in [0.717, 1.165) is 25.5 Å². The second-order valence-corrected chi connectivity index (χ2v) is 6.56. The molecule has 2 rings (SSSR count). The summed E-state index contributed by atoms with van der Waals surface area (Å²) in [6, 6.07) is 2.50. The summed E-state index contributed by atoms with van der Waals surface area (Å²) in [4.78, 5) is 2.07. The maximum atomic E-state index is 14.2. The second-order valence-electron chi connectivity index (χ2n) is 5.70. The SMILES string of the molecule is CCC1CNC(C)(CC)CN1c1c(F)cc(F)cc1Br. The largest absolute Gasteiger partial charge is 0.362 e. The van der Waals surface area contributed by atoms with Gasteiger partial charge in [0.05, 0.1) is 5.69 Å². The molecule has 2 unspecified atom stereocenters. The minimum Gasteiger partial charge on any atom is -0.362 e. The van der Waals surface area contributed by atoms with Crippen LogP contribution in [-0.2, 0) is 0 Å². The number of benzene rings is 1. The molecule has 1 aliphatic rings. The molecule has 0 spiro atoms. The average molecular weight is 347 g/mol. The number of hydrogen-bond donors (Lipinski definition) is 1. The summed E-state index contributed by atoms with van der Waals surface area (Å²) in [6.45, 7) is 7.87. The van der Waals surface area contributed by atoms with Crippen LogP contribution in [0.5, 0.6) is 0 Å². The van der Waals surface area contributed by atoms with Crippen molar-refractivity contribution in [3.8, 4) is 0 Å². The zero-order chi connectivity index (χ0) is 14.9. The maximum Gasteiger partial charge on any atom is 0.150 e. The van der Waals surface area contributed by atoms with Gasteiger partial charge < -0.3 is 10.2 Å². The molecule has 1 fully saturated rings. The first kappa shape index (κ1) is 15.7. The highest BCUT2D eigenvalue weighted by molar-refractivity contribution is 9.10. The van der Waals surface area contributed by atoms with Crippen molar-refractivity contribution in [3.05, 3.63) is 28.2 Å². The van der Waals surface area contributed by atoms with Crippen LogP contribution in [0.4, 0.5) is 14.5 Å². The zero-order valence-corrected chi connectivity index (χ0v) is 13.7. The van der Waals surface area contributed by atoms with Crippen LogP contribution in [-0.4, -0.2) is 24.7 Å². The van der Waals surface area contributed by atoms with Gasteiger partial charge in [-0.2, -0.15) is 0 Å². The summed E-state index contributed by atoms with van der Waals surface area (Å²) < 4.78 is 28.0. The van der Waals surface area contributed by atoms with Crippen molar-refractivity contribution in [1.82, 2.24) is 5.32 Å². The van der Waals surface area contributed by atoms with E-state index in [4.69, 9.17) is 0 Å². The summed E-state index contributed by atoms with van der Waals surface area (Å²) in [6.07, 6.45) is 1.87. The van der Waals surface area contributed by atoms with Crippen LogP contribution in [0.15, 0.2) is 16.6 Å².